The van der Waals surface area contributed by atoms with Crippen LogP contribution in [-0.2, 0) is 12.8 Å². The number of nitrogens with zero attached hydrogens (tertiary/aromatic N) is 2. The van der Waals surface area contributed by atoms with E-state index in [1.165, 1.54) is 0 Å². The zero-order valence-corrected chi connectivity index (χ0v) is 9.59. The van der Waals surface area contributed by atoms with Gasteiger partial charge in [0, 0.05) is 23.2 Å². The monoisotopic (exact) mass is 212 g/mol. The summed E-state index contributed by atoms with van der Waals surface area (Å²) in [6, 6.07) is 2.06. The molecule has 0 aliphatic rings. The molecular formula is C11H17ClN2. The molecule has 0 spiro atoms. The Morgan fingerprint density at radius 3 is 2.64 bits per heavy atom. The molecular weight excluding hydrogens is 196 g/mol. The van der Waals surface area contributed by atoms with Crippen LogP contribution in [0.2, 0.25) is 0 Å². The van der Waals surface area contributed by atoms with Crippen molar-refractivity contribution in [3.8, 4) is 0 Å². The molecule has 1 unspecified atom stereocenters. The van der Waals surface area contributed by atoms with E-state index in [4.69, 9.17) is 11.6 Å². The molecule has 0 saturated heterocycles. The maximum Gasteiger partial charge on any atom is 0.115 e. The molecule has 1 aromatic heterocycles. The highest BCUT2D eigenvalue weighted by Crippen LogP contribution is 2.10. The van der Waals surface area contributed by atoms with E-state index in [-0.39, 0.29) is 5.38 Å². The summed E-state index contributed by atoms with van der Waals surface area (Å²) in [4.78, 5) is 8.42. The predicted molar refractivity (Wildman–Crippen MR) is 59.7 cm³/mol. The molecule has 0 radical (unpaired) electrons. The maximum absolute atomic E-state index is 6.07. The standard InChI is InChI=1S/C11H17ClN2/c1-3-5-10-7-11(14-8-13-10)6-9(12)4-2/h7-9H,3-6H2,1-2H3. The summed E-state index contributed by atoms with van der Waals surface area (Å²) in [7, 11) is 0. The van der Waals surface area contributed by atoms with Crippen LogP contribution in [-0.4, -0.2) is 15.3 Å². The van der Waals surface area contributed by atoms with Gasteiger partial charge in [-0.1, -0.05) is 20.3 Å². The first-order valence-electron chi connectivity index (χ1n) is 5.20. The fraction of sp³-hybridized carbons (Fsp3) is 0.636. The lowest BCUT2D eigenvalue weighted by atomic mass is 10.1. The van der Waals surface area contributed by atoms with Crippen LogP contribution in [0.3, 0.4) is 0 Å². The van der Waals surface area contributed by atoms with Crippen molar-refractivity contribution in [3.63, 3.8) is 0 Å². The molecule has 3 heteroatoms. The quantitative estimate of drug-likeness (QED) is 0.702. The van der Waals surface area contributed by atoms with Crippen LogP contribution in [0.25, 0.3) is 0 Å². The van der Waals surface area contributed by atoms with Crippen molar-refractivity contribution >= 4 is 11.6 Å². The Hall–Kier alpha value is -0.630. The van der Waals surface area contributed by atoms with Gasteiger partial charge >= 0.3 is 0 Å². The number of halogens is 1. The third-order valence-electron chi connectivity index (χ3n) is 2.16. The fourth-order valence-electron chi connectivity index (χ4n) is 1.32. The van der Waals surface area contributed by atoms with Gasteiger partial charge in [0.25, 0.3) is 0 Å². The molecule has 0 N–H and O–H groups in total. The minimum Gasteiger partial charge on any atom is -0.241 e. The van der Waals surface area contributed by atoms with Gasteiger partial charge in [0.05, 0.1) is 0 Å². The highest BCUT2D eigenvalue weighted by Gasteiger charge is 2.05. The summed E-state index contributed by atoms with van der Waals surface area (Å²) in [6.07, 6.45) is 5.61. The molecule has 0 saturated carbocycles. The zero-order chi connectivity index (χ0) is 10.4. The summed E-state index contributed by atoms with van der Waals surface area (Å²) in [6.45, 7) is 4.24. The van der Waals surface area contributed by atoms with Gasteiger partial charge in [-0.25, -0.2) is 9.97 Å². The summed E-state index contributed by atoms with van der Waals surface area (Å²) >= 11 is 6.07. The Balaban J connectivity index is 2.63. The third kappa shape index (κ3) is 3.62. The molecule has 2 nitrogen and oxygen atoms in total. The molecule has 0 bridgehead atoms. The summed E-state index contributed by atoms with van der Waals surface area (Å²) in [5, 5.41) is 0.194. The van der Waals surface area contributed by atoms with Crippen molar-refractivity contribution < 1.29 is 0 Å². The number of hydrogen-bond donors (Lipinski definition) is 0. The Kier molecular flexibility index (Phi) is 4.88. The van der Waals surface area contributed by atoms with Gasteiger partial charge in [0.1, 0.15) is 6.33 Å². The van der Waals surface area contributed by atoms with Crippen molar-refractivity contribution in [2.45, 2.75) is 44.9 Å². The van der Waals surface area contributed by atoms with E-state index < -0.39 is 0 Å². The molecule has 1 atom stereocenters. The minimum atomic E-state index is 0.194. The zero-order valence-electron chi connectivity index (χ0n) is 8.83. The van der Waals surface area contributed by atoms with Crippen LogP contribution in [0.15, 0.2) is 12.4 Å². The predicted octanol–water partition coefficient (Wildman–Crippen LogP) is 2.99. The molecule has 0 aliphatic heterocycles. The lowest BCUT2D eigenvalue weighted by Crippen LogP contribution is -2.04. The number of hydrogen-bond acceptors (Lipinski definition) is 2. The second-order valence-electron chi connectivity index (χ2n) is 3.46. The second-order valence-corrected chi connectivity index (χ2v) is 4.08. The van der Waals surface area contributed by atoms with Gasteiger partial charge in [-0.3, -0.25) is 0 Å². The van der Waals surface area contributed by atoms with Crippen molar-refractivity contribution in [3.05, 3.63) is 23.8 Å². The molecule has 78 valence electrons. The number of rotatable bonds is 5. The van der Waals surface area contributed by atoms with Crippen molar-refractivity contribution in [2.24, 2.45) is 0 Å². The SMILES string of the molecule is CCCc1cc(CC(Cl)CC)ncn1. The highest BCUT2D eigenvalue weighted by atomic mass is 35.5. The first kappa shape index (κ1) is 11.4. The Labute approximate surface area is 90.7 Å². The van der Waals surface area contributed by atoms with Crippen molar-refractivity contribution in [1.29, 1.82) is 0 Å². The van der Waals surface area contributed by atoms with Gasteiger partial charge in [0.15, 0.2) is 0 Å². The van der Waals surface area contributed by atoms with Crippen LogP contribution in [0.5, 0.6) is 0 Å². The van der Waals surface area contributed by atoms with Crippen molar-refractivity contribution in [2.75, 3.05) is 0 Å². The summed E-state index contributed by atoms with van der Waals surface area (Å²) < 4.78 is 0. The van der Waals surface area contributed by atoms with Crippen LogP contribution < -0.4 is 0 Å². The molecule has 14 heavy (non-hydrogen) atoms. The highest BCUT2D eigenvalue weighted by molar-refractivity contribution is 6.20. The summed E-state index contributed by atoms with van der Waals surface area (Å²) in [5.74, 6) is 0. The van der Waals surface area contributed by atoms with E-state index in [1.54, 1.807) is 6.33 Å². The summed E-state index contributed by atoms with van der Waals surface area (Å²) in [5.41, 5.74) is 2.18. The maximum atomic E-state index is 6.07. The Morgan fingerprint density at radius 1 is 1.29 bits per heavy atom. The number of alkyl halides is 1. The molecule has 1 heterocycles. The van der Waals surface area contributed by atoms with Gasteiger partial charge in [-0.05, 0) is 18.9 Å². The van der Waals surface area contributed by atoms with Gasteiger partial charge in [-0.15, -0.1) is 11.6 Å². The molecule has 0 fully saturated rings. The van der Waals surface area contributed by atoms with E-state index in [9.17, 15) is 0 Å². The lowest BCUT2D eigenvalue weighted by molar-refractivity contribution is 0.773. The molecule has 1 aromatic rings. The van der Waals surface area contributed by atoms with Gasteiger partial charge in [0.2, 0.25) is 0 Å². The van der Waals surface area contributed by atoms with Crippen LogP contribution in [0.1, 0.15) is 38.1 Å². The normalized spacial score (nSPS) is 12.8. The van der Waals surface area contributed by atoms with E-state index in [0.29, 0.717) is 0 Å². The van der Waals surface area contributed by atoms with Gasteiger partial charge < -0.3 is 0 Å². The minimum absolute atomic E-state index is 0.194. The number of aromatic nitrogens is 2. The number of aryl methyl sites for hydroxylation is 1. The van der Waals surface area contributed by atoms with E-state index in [1.807, 2.05) is 0 Å². The van der Waals surface area contributed by atoms with Crippen LogP contribution in [0, 0.1) is 0 Å². The van der Waals surface area contributed by atoms with Crippen LogP contribution in [0.4, 0.5) is 0 Å². The topological polar surface area (TPSA) is 25.8 Å². The lowest BCUT2D eigenvalue weighted by Gasteiger charge is -2.06. The smallest absolute Gasteiger partial charge is 0.115 e. The molecule has 0 aliphatic carbocycles. The molecule has 1 rings (SSSR count). The van der Waals surface area contributed by atoms with E-state index in [2.05, 4.69) is 29.9 Å². The first-order valence-corrected chi connectivity index (χ1v) is 5.63. The fourth-order valence-corrected chi connectivity index (χ4v) is 1.48. The van der Waals surface area contributed by atoms with Crippen LogP contribution >= 0.6 is 11.6 Å². The van der Waals surface area contributed by atoms with E-state index >= 15 is 0 Å². The van der Waals surface area contributed by atoms with Crippen molar-refractivity contribution in [1.82, 2.24) is 9.97 Å². The Morgan fingerprint density at radius 2 is 2.00 bits per heavy atom. The average Bonchev–Trinajstić information content (AvgIpc) is 2.19. The van der Waals surface area contributed by atoms with E-state index in [0.717, 1.165) is 37.1 Å². The largest absolute Gasteiger partial charge is 0.241 e. The second kappa shape index (κ2) is 5.97. The average molecular weight is 213 g/mol. The molecule has 0 amide bonds. The third-order valence-corrected chi connectivity index (χ3v) is 2.62. The molecule has 0 aromatic carbocycles. The first-order chi connectivity index (χ1) is 6.76. The Bertz CT molecular complexity index is 276. The van der Waals surface area contributed by atoms with Gasteiger partial charge in [-0.2, -0.15) is 0 Å².